The minimum absolute atomic E-state index is 0.00777. The highest BCUT2D eigenvalue weighted by Crippen LogP contribution is 2.23. The van der Waals surface area contributed by atoms with Crippen LogP contribution in [-0.4, -0.2) is 41.3 Å². The number of benzene rings is 1. The molecule has 2 aliphatic heterocycles. The zero-order chi connectivity index (χ0) is 17.1. The monoisotopic (exact) mass is 357 g/mol. The van der Waals surface area contributed by atoms with Crippen molar-refractivity contribution in [2.45, 2.75) is 30.7 Å². The fourth-order valence-electron chi connectivity index (χ4n) is 3.49. The number of fused-ring (bicyclic) bond motifs is 1. The van der Waals surface area contributed by atoms with Gasteiger partial charge < -0.3 is 10.1 Å². The number of hydrogen-bond donors (Lipinski definition) is 1. The molecule has 0 amide bonds. The van der Waals surface area contributed by atoms with E-state index in [9.17, 15) is 4.79 Å². The maximum Gasteiger partial charge on any atom is 0.267 e. The average molecular weight is 357 g/mol. The lowest BCUT2D eigenvalue weighted by molar-refractivity contribution is 0.180. The van der Waals surface area contributed by atoms with Gasteiger partial charge in [0, 0.05) is 18.2 Å². The third-order valence-electron chi connectivity index (χ3n) is 4.89. The van der Waals surface area contributed by atoms with Crippen LogP contribution >= 0.6 is 11.8 Å². The van der Waals surface area contributed by atoms with Crippen molar-refractivity contribution < 1.29 is 4.74 Å². The quantitative estimate of drug-likeness (QED) is 0.884. The summed E-state index contributed by atoms with van der Waals surface area (Å²) in [4.78, 5) is 12.5. The summed E-state index contributed by atoms with van der Waals surface area (Å²) in [5.74, 6) is 1.98. The van der Waals surface area contributed by atoms with Gasteiger partial charge in [-0.2, -0.15) is 16.9 Å². The summed E-state index contributed by atoms with van der Waals surface area (Å²) >= 11 is 1.87. The van der Waals surface area contributed by atoms with E-state index in [-0.39, 0.29) is 17.6 Å². The normalized spacial score (nSPS) is 22.7. The van der Waals surface area contributed by atoms with Gasteiger partial charge >= 0.3 is 0 Å². The van der Waals surface area contributed by atoms with Gasteiger partial charge in [-0.25, -0.2) is 4.68 Å². The molecule has 25 heavy (non-hydrogen) atoms. The molecule has 1 fully saturated rings. The molecule has 0 spiro atoms. The molecule has 1 aromatic carbocycles. The number of thioether (sulfide) groups is 1. The van der Waals surface area contributed by atoms with Crippen LogP contribution in [0.2, 0.25) is 0 Å². The van der Waals surface area contributed by atoms with Crippen molar-refractivity contribution in [2.24, 2.45) is 0 Å². The Morgan fingerprint density at radius 2 is 2.16 bits per heavy atom. The molecule has 2 atom stereocenters. The van der Waals surface area contributed by atoms with Crippen molar-refractivity contribution in [2.75, 3.05) is 25.5 Å². The van der Waals surface area contributed by atoms with Crippen LogP contribution in [0.5, 0.6) is 0 Å². The maximum absolute atomic E-state index is 12.5. The number of ether oxygens (including phenoxy) is 1. The first-order chi connectivity index (χ1) is 12.3. The molecule has 132 valence electrons. The molecule has 0 saturated carbocycles. The Morgan fingerprint density at radius 1 is 1.28 bits per heavy atom. The van der Waals surface area contributed by atoms with E-state index in [2.05, 4.69) is 34.7 Å². The van der Waals surface area contributed by atoms with Gasteiger partial charge in [0.25, 0.3) is 5.56 Å². The molecule has 1 N–H and O–H groups in total. The lowest BCUT2D eigenvalue weighted by Gasteiger charge is -2.23. The molecule has 2 aromatic rings. The second kappa shape index (κ2) is 7.72. The Morgan fingerprint density at radius 3 is 3.04 bits per heavy atom. The van der Waals surface area contributed by atoms with E-state index < -0.39 is 0 Å². The van der Waals surface area contributed by atoms with E-state index in [0.29, 0.717) is 13.2 Å². The molecular formula is C19H23N3O2S. The molecule has 3 heterocycles. The Kier molecular flexibility index (Phi) is 5.20. The third kappa shape index (κ3) is 3.81. The Balaban J connectivity index is 1.45. The molecule has 0 bridgehead atoms. The zero-order valence-corrected chi connectivity index (χ0v) is 15.0. The lowest BCUT2D eigenvalue weighted by Crippen LogP contribution is -2.42. The summed E-state index contributed by atoms with van der Waals surface area (Å²) in [5.41, 5.74) is 3.48. The van der Waals surface area contributed by atoms with Gasteiger partial charge in [0.05, 0.1) is 31.0 Å². The van der Waals surface area contributed by atoms with Crippen LogP contribution in [-0.2, 0) is 23.3 Å². The molecular weight excluding hydrogens is 334 g/mol. The highest BCUT2D eigenvalue weighted by Gasteiger charge is 2.31. The van der Waals surface area contributed by atoms with Crippen molar-refractivity contribution >= 4 is 11.8 Å². The van der Waals surface area contributed by atoms with Gasteiger partial charge in [-0.3, -0.25) is 4.79 Å². The molecule has 1 saturated heterocycles. The lowest BCUT2D eigenvalue weighted by atomic mass is 10.1. The summed E-state index contributed by atoms with van der Waals surface area (Å²) < 4.78 is 7.31. The molecule has 5 nitrogen and oxygen atoms in total. The third-order valence-corrected chi connectivity index (χ3v) is 5.90. The number of rotatable bonds is 5. The minimum atomic E-state index is -0.0249. The minimum Gasteiger partial charge on any atom is -0.377 e. The average Bonchev–Trinajstić information content (AvgIpc) is 3.10. The summed E-state index contributed by atoms with van der Waals surface area (Å²) in [7, 11) is 0. The maximum atomic E-state index is 12.5. The van der Waals surface area contributed by atoms with Crippen LogP contribution in [0.15, 0.2) is 41.2 Å². The number of nitrogens with zero attached hydrogens (tertiary/aromatic N) is 2. The molecule has 1 aromatic heterocycles. The Bertz CT molecular complexity index is 778. The summed E-state index contributed by atoms with van der Waals surface area (Å²) in [5, 5.41) is 8.24. The molecule has 0 radical (unpaired) electrons. The summed E-state index contributed by atoms with van der Waals surface area (Å²) in [6.45, 7) is 2.04. The van der Waals surface area contributed by atoms with Crippen LogP contribution in [0.1, 0.15) is 22.9 Å². The van der Waals surface area contributed by atoms with Gasteiger partial charge in [-0.05, 0) is 29.8 Å². The second-order valence-electron chi connectivity index (χ2n) is 6.60. The number of aryl methyl sites for hydroxylation is 1. The van der Waals surface area contributed by atoms with E-state index in [1.54, 1.807) is 10.7 Å². The van der Waals surface area contributed by atoms with Crippen LogP contribution in [0.25, 0.3) is 0 Å². The molecule has 2 aliphatic rings. The van der Waals surface area contributed by atoms with E-state index >= 15 is 0 Å². The molecule has 0 aliphatic carbocycles. The van der Waals surface area contributed by atoms with Crippen molar-refractivity contribution in [1.82, 2.24) is 15.1 Å². The Hall–Kier alpha value is -1.63. The fraction of sp³-hybridized carbons (Fsp3) is 0.474. The molecule has 4 rings (SSSR count). The van der Waals surface area contributed by atoms with Gasteiger partial charge in [0.15, 0.2) is 0 Å². The van der Waals surface area contributed by atoms with Gasteiger partial charge in [0.2, 0.25) is 0 Å². The predicted molar refractivity (Wildman–Crippen MR) is 100 cm³/mol. The largest absolute Gasteiger partial charge is 0.377 e. The number of hydrogen-bond acceptors (Lipinski definition) is 5. The van der Waals surface area contributed by atoms with Crippen molar-refractivity contribution in [3.05, 3.63) is 63.6 Å². The smallest absolute Gasteiger partial charge is 0.267 e. The SMILES string of the molecule is O=c1cc2c(nn1C1COCC1NCCc1ccccc1)CCSC2. The first kappa shape index (κ1) is 16.8. The van der Waals surface area contributed by atoms with Crippen LogP contribution < -0.4 is 10.9 Å². The van der Waals surface area contributed by atoms with E-state index in [4.69, 9.17) is 4.74 Å². The predicted octanol–water partition coefficient (Wildman–Crippen LogP) is 1.80. The zero-order valence-electron chi connectivity index (χ0n) is 14.2. The molecule has 2 unspecified atom stereocenters. The first-order valence-corrected chi connectivity index (χ1v) is 10.0. The van der Waals surface area contributed by atoms with Crippen LogP contribution in [0, 0.1) is 0 Å². The first-order valence-electron chi connectivity index (χ1n) is 8.85. The highest BCUT2D eigenvalue weighted by molar-refractivity contribution is 7.98. The van der Waals surface area contributed by atoms with Gasteiger partial charge in [-0.1, -0.05) is 30.3 Å². The second-order valence-corrected chi connectivity index (χ2v) is 7.71. The summed E-state index contributed by atoms with van der Waals surface area (Å²) in [6, 6.07) is 12.3. The van der Waals surface area contributed by atoms with Crippen LogP contribution in [0.4, 0.5) is 0 Å². The van der Waals surface area contributed by atoms with E-state index in [0.717, 1.165) is 42.1 Å². The fourth-order valence-corrected chi connectivity index (χ4v) is 4.44. The van der Waals surface area contributed by atoms with Crippen molar-refractivity contribution in [3.8, 4) is 0 Å². The topological polar surface area (TPSA) is 56.2 Å². The van der Waals surface area contributed by atoms with Crippen molar-refractivity contribution in [3.63, 3.8) is 0 Å². The van der Waals surface area contributed by atoms with Crippen molar-refractivity contribution in [1.29, 1.82) is 0 Å². The van der Waals surface area contributed by atoms with Gasteiger partial charge in [-0.15, -0.1) is 0 Å². The summed E-state index contributed by atoms with van der Waals surface area (Å²) in [6.07, 6.45) is 1.91. The number of aromatic nitrogens is 2. The Labute approximate surface area is 151 Å². The van der Waals surface area contributed by atoms with Gasteiger partial charge in [0.1, 0.15) is 0 Å². The standard InChI is InChI=1S/C19H23N3O2S/c23-19-10-15-13-25-9-7-16(15)21-22(19)18-12-24-11-17(18)20-8-6-14-4-2-1-3-5-14/h1-5,10,17-18,20H,6-9,11-13H2. The molecule has 6 heteroatoms. The van der Waals surface area contributed by atoms with Crippen LogP contribution in [0.3, 0.4) is 0 Å². The number of nitrogens with one attached hydrogen (secondary N) is 1. The highest BCUT2D eigenvalue weighted by atomic mass is 32.2. The van der Waals surface area contributed by atoms with E-state index in [1.807, 2.05) is 17.8 Å². The van der Waals surface area contributed by atoms with E-state index in [1.165, 1.54) is 5.56 Å².